The summed E-state index contributed by atoms with van der Waals surface area (Å²) in [5.74, 6) is -0.459. The van der Waals surface area contributed by atoms with Crippen LogP contribution in [0.1, 0.15) is 69.7 Å². The molecule has 0 aliphatic heterocycles. The molecule has 1 aromatic heterocycles. The summed E-state index contributed by atoms with van der Waals surface area (Å²) in [6, 6.07) is 13.2. The number of rotatable bonds is 9. The quantitative estimate of drug-likeness (QED) is 0.528. The van der Waals surface area contributed by atoms with Gasteiger partial charge in [0.05, 0.1) is 11.2 Å². The number of ether oxygens (including phenoxy) is 2. The monoisotopic (exact) mass is 479 g/mol. The lowest BCUT2D eigenvalue weighted by Crippen LogP contribution is -2.52. The first-order valence-electron chi connectivity index (χ1n) is 12.1. The van der Waals surface area contributed by atoms with E-state index in [1.54, 1.807) is 6.20 Å². The summed E-state index contributed by atoms with van der Waals surface area (Å²) in [5.41, 5.74) is 0.637. The lowest BCUT2D eigenvalue weighted by Gasteiger charge is -2.23. The Morgan fingerprint density at radius 1 is 0.971 bits per heavy atom. The largest absolute Gasteiger partial charge is 0.460 e. The van der Waals surface area contributed by atoms with Gasteiger partial charge in [0, 0.05) is 12.6 Å². The second-order valence-electron chi connectivity index (χ2n) is 10.4. The minimum absolute atomic E-state index is 0.147. The molecule has 4 rings (SSSR count). The molecule has 186 valence electrons. The zero-order valence-electron chi connectivity index (χ0n) is 20.6. The first-order valence-corrected chi connectivity index (χ1v) is 12.1. The molecule has 35 heavy (non-hydrogen) atoms. The van der Waals surface area contributed by atoms with Crippen molar-refractivity contribution in [3.63, 3.8) is 0 Å². The minimum Gasteiger partial charge on any atom is -0.460 e. The van der Waals surface area contributed by atoms with Gasteiger partial charge in [-0.05, 0) is 76.1 Å². The van der Waals surface area contributed by atoms with Gasteiger partial charge in [0.25, 0.3) is 0 Å². The van der Waals surface area contributed by atoms with Gasteiger partial charge in [-0.15, -0.1) is 0 Å². The van der Waals surface area contributed by atoms with Crippen LogP contribution >= 0.6 is 0 Å². The molecule has 0 saturated heterocycles. The number of esters is 1. The van der Waals surface area contributed by atoms with Crippen LogP contribution in [0.5, 0.6) is 0 Å². The standard InChI is InChI=1S/C27H33N3O5/c1-25(2,3)35-22(31)10-9-19-11-16-28-21(17-19)26(12-13-26)29-23(32)27(14-15-27)30-24(33)34-18-20-7-5-4-6-8-20/h4-8,11,16-17H,9-10,12-15,18H2,1-3H3,(H,29,32)(H,30,33). The Bertz CT molecular complexity index is 1090. The molecular formula is C27H33N3O5. The highest BCUT2D eigenvalue weighted by molar-refractivity contribution is 5.93. The molecule has 2 aliphatic rings. The van der Waals surface area contributed by atoms with Crippen molar-refractivity contribution in [3.8, 4) is 0 Å². The summed E-state index contributed by atoms with van der Waals surface area (Å²) in [6.07, 6.45) is 4.60. The fourth-order valence-corrected chi connectivity index (χ4v) is 3.93. The van der Waals surface area contributed by atoms with Gasteiger partial charge in [-0.1, -0.05) is 30.3 Å². The Morgan fingerprint density at radius 3 is 2.31 bits per heavy atom. The van der Waals surface area contributed by atoms with E-state index in [4.69, 9.17) is 9.47 Å². The topological polar surface area (TPSA) is 107 Å². The Balaban J connectivity index is 1.32. The molecule has 1 heterocycles. The molecule has 2 aromatic rings. The zero-order chi connectivity index (χ0) is 25.1. The van der Waals surface area contributed by atoms with Crippen molar-refractivity contribution in [2.24, 2.45) is 0 Å². The molecule has 2 fully saturated rings. The van der Waals surface area contributed by atoms with Gasteiger partial charge < -0.3 is 20.1 Å². The van der Waals surface area contributed by atoms with E-state index in [1.807, 2.05) is 63.2 Å². The van der Waals surface area contributed by atoms with Crippen LogP contribution in [0.3, 0.4) is 0 Å². The second kappa shape index (κ2) is 9.68. The fraction of sp³-hybridized carbons (Fsp3) is 0.481. The Morgan fingerprint density at radius 2 is 1.69 bits per heavy atom. The summed E-state index contributed by atoms with van der Waals surface area (Å²) < 4.78 is 10.7. The molecule has 2 saturated carbocycles. The van der Waals surface area contributed by atoms with E-state index >= 15 is 0 Å². The van der Waals surface area contributed by atoms with E-state index in [-0.39, 0.29) is 24.9 Å². The van der Waals surface area contributed by atoms with E-state index in [2.05, 4.69) is 15.6 Å². The fourth-order valence-electron chi connectivity index (χ4n) is 3.93. The summed E-state index contributed by atoms with van der Waals surface area (Å²) in [4.78, 5) is 42.0. The molecule has 8 nitrogen and oxygen atoms in total. The number of alkyl carbamates (subject to hydrolysis) is 1. The summed E-state index contributed by atoms with van der Waals surface area (Å²) in [7, 11) is 0. The van der Waals surface area contributed by atoms with Crippen LogP contribution < -0.4 is 10.6 Å². The third-order valence-electron chi connectivity index (χ3n) is 6.19. The zero-order valence-corrected chi connectivity index (χ0v) is 20.6. The molecule has 0 unspecified atom stereocenters. The van der Waals surface area contributed by atoms with E-state index in [0.29, 0.717) is 19.3 Å². The predicted octanol–water partition coefficient (Wildman–Crippen LogP) is 3.92. The van der Waals surface area contributed by atoms with Crippen LogP contribution in [-0.4, -0.2) is 34.1 Å². The molecule has 8 heteroatoms. The van der Waals surface area contributed by atoms with Crippen molar-refractivity contribution < 1.29 is 23.9 Å². The summed E-state index contributed by atoms with van der Waals surface area (Å²) in [5, 5.41) is 5.88. The van der Waals surface area contributed by atoms with Gasteiger partial charge in [0.15, 0.2) is 0 Å². The van der Waals surface area contributed by atoms with Crippen LogP contribution in [0.4, 0.5) is 4.79 Å². The van der Waals surface area contributed by atoms with Gasteiger partial charge >= 0.3 is 12.1 Å². The molecule has 1 aromatic carbocycles. The van der Waals surface area contributed by atoms with Crippen LogP contribution in [0.25, 0.3) is 0 Å². The van der Waals surface area contributed by atoms with Crippen LogP contribution in [-0.2, 0) is 37.6 Å². The van der Waals surface area contributed by atoms with E-state index in [0.717, 1.165) is 29.7 Å². The maximum Gasteiger partial charge on any atom is 0.408 e. The van der Waals surface area contributed by atoms with Gasteiger partial charge in [-0.3, -0.25) is 14.6 Å². The van der Waals surface area contributed by atoms with Crippen LogP contribution in [0.2, 0.25) is 0 Å². The third kappa shape index (κ3) is 6.59. The van der Waals surface area contributed by atoms with E-state index in [1.165, 1.54) is 0 Å². The first kappa shape index (κ1) is 24.7. The number of hydrogen-bond acceptors (Lipinski definition) is 6. The number of amides is 2. The normalized spacial score (nSPS) is 17.1. The first-order chi connectivity index (χ1) is 16.6. The van der Waals surface area contributed by atoms with Gasteiger partial charge in [0.2, 0.25) is 5.91 Å². The number of hydrogen-bond donors (Lipinski definition) is 2. The van der Waals surface area contributed by atoms with E-state index in [9.17, 15) is 14.4 Å². The number of nitrogens with zero attached hydrogens (tertiary/aromatic N) is 1. The number of nitrogens with one attached hydrogen (secondary N) is 2. The highest BCUT2D eigenvalue weighted by atomic mass is 16.6. The van der Waals surface area contributed by atoms with Crippen molar-refractivity contribution in [1.29, 1.82) is 0 Å². The van der Waals surface area contributed by atoms with Crippen molar-refractivity contribution in [1.82, 2.24) is 15.6 Å². The molecule has 0 spiro atoms. The average Bonchev–Trinajstić information content (AvgIpc) is 3.74. The number of benzene rings is 1. The number of carbonyl (C=O) groups excluding carboxylic acids is 3. The smallest absolute Gasteiger partial charge is 0.408 e. The highest BCUT2D eigenvalue weighted by Gasteiger charge is 2.56. The number of carbonyl (C=O) groups is 3. The Hall–Kier alpha value is -3.42. The molecule has 2 N–H and O–H groups in total. The summed E-state index contributed by atoms with van der Waals surface area (Å²) >= 11 is 0. The van der Waals surface area contributed by atoms with Crippen LogP contribution in [0, 0.1) is 0 Å². The molecule has 0 bridgehead atoms. The predicted molar refractivity (Wildman–Crippen MR) is 129 cm³/mol. The molecule has 0 atom stereocenters. The lowest BCUT2D eigenvalue weighted by molar-refractivity contribution is -0.154. The van der Waals surface area contributed by atoms with Gasteiger partial charge in [-0.2, -0.15) is 0 Å². The Kier molecular flexibility index (Phi) is 6.83. The van der Waals surface area contributed by atoms with Gasteiger partial charge in [-0.25, -0.2) is 4.79 Å². The van der Waals surface area contributed by atoms with Gasteiger partial charge in [0.1, 0.15) is 17.7 Å². The second-order valence-corrected chi connectivity index (χ2v) is 10.4. The molecular weight excluding hydrogens is 446 g/mol. The highest BCUT2D eigenvalue weighted by Crippen LogP contribution is 2.46. The maximum absolute atomic E-state index is 13.1. The third-order valence-corrected chi connectivity index (χ3v) is 6.19. The van der Waals surface area contributed by atoms with Crippen LogP contribution in [0.15, 0.2) is 48.7 Å². The molecule has 2 amide bonds. The van der Waals surface area contributed by atoms with Crippen molar-refractivity contribution in [2.45, 2.75) is 82.6 Å². The van der Waals surface area contributed by atoms with Crippen molar-refractivity contribution in [2.75, 3.05) is 0 Å². The number of aryl methyl sites for hydroxylation is 1. The number of pyridine rings is 1. The lowest BCUT2D eigenvalue weighted by atomic mass is 10.0. The average molecular weight is 480 g/mol. The molecule has 0 radical (unpaired) electrons. The van der Waals surface area contributed by atoms with E-state index < -0.39 is 22.8 Å². The number of aromatic nitrogens is 1. The SMILES string of the molecule is CC(C)(C)OC(=O)CCc1ccnc(C2(NC(=O)C3(NC(=O)OCc4ccccc4)CC3)CC2)c1. The maximum atomic E-state index is 13.1. The molecule has 2 aliphatic carbocycles. The minimum atomic E-state index is -0.933. The Labute approximate surface area is 205 Å². The summed E-state index contributed by atoms with van der Waals surface area (Å²) in [6.45, 7) is 5.69. The van der Waals surface area contributed by atoms with Crippen molar-refractivity contribution in [3.05, 3.63) is 65.5 Å². The van der Waals surface area contributed by atoms with Crippen molar-refractivity contribution >= 4 is 18.0 Å².